The van der Waals surface area contributed by atoms with Crippen LogP contribution in [0.3, 0.4) is 0 Å². The Bertz CT molecular complexity index is 925. The molecule has 1 unspecified atom stereocenters. The molecule has 0 spiro atoms. The third-order valence-electron chi connectivity index (χ3n) is 4.43. The lowest BCUT2D eigenvalue weighted by Gasteiger charge is -2.34. The predicted molar refractivity (Wildman–Crippen MR) is 105 cm³/mol. The number of morpholine rings is 1. The zero-order chi connectivity index (χ0) is 19.0. The molecule has 1 atom stereocenters. The Kier molecular flexibility index (Phi) is 5.16. The van der Waals surface area contributed by atoms with Crippen LogP contribution in [0.1, 0.15) is 19.8 Å². The Morgan fingerprint density at radius 1 is 1.30 bits per heavy atom. The van der Waals surface area contributed by atoms with Gasteiger partial charge in [0.15, 0.2) is 5.82 Å². The first kappa shape index (κ1) is 18.4. The van der Waals surface area contributed by atoms with Crippen molar-refractivity contribution in [1.29, 1.82) is 0 Å². The second-order valence-corrected chi connectivity index (χ2v) is 8.48. The number of pyridine rings is 1. The Morgan fingerprint density at radius 2 is 2.11 bits per heavy atom. The van der Waals surface area contributed by atoms with Crippen molar-refractivity contribution in [3.63, 3.8) is 0 Å². The van der Waals surface area contributed by atoms with Crippen molar-refractivity contribution >= 4 is 39.7 Å². The van der Waals surface area contributed by atoms with Gasteiger partial charge in [-0.05, 0) is 19.1 Å². The lowest BCUT2D eigenvalue weighted by molar-refractivity contribution is 0.0985. The Balaban J connectivity index is 1.80. The summed E-state index contributed by atoms with van der Waals surface area (Å²) >= 11 is 6.04. The maximum atomic E-state index is 12.3. The third-order valence-corrected chi connectivity index (χ3v) is 6.03. The zero-order valence-electron chi connectivity index (χ0n) is 14.8. The van der Waals surface area contributed by atoms with Gasteiger partial charge >= 0.3 is 0 Å². The highest BCUT2D eigenvalue weighted by Gasteiger charge is 2.22. The molecule has 1 aliphatic carbocycles. The monoisotopic (exact) mass is 407 g/mol. The lowest BCUT2D eigenvalue weighted by Crippen LogP contribution is -2.44. The van der Waals surface area contributed by atoms with Crippen LogP contribution in [0.15, 0.2) is 22.6 Å². The predicted octanol–water partition coefficient (Wildman–Crippen LogP) is 2.94. The van der Waals surface area contributed by atoms with E-state index in [1.807, 2.05) is 0 Å². The summed E-state index contributed by atoms with van der Waals surface area (Å²) in [7, 11) is -1.28. The van der Waals surface area contributed by atoms with Crippen LogP contribution >= 0.6 is 11.6 Å². The van der Waals surface area contributed by atoms with Crippen molar-refractivity contribution in [3.8, 4) is 11.4 Å². The molecule has 8 nitrogen and oxygen atoms in total. The van der Waals surface area contributed by atoms with Crippen molar-refractivity contribution < 1.29 is 8.95 Å². The van der Waals surface area contributed by atoms with Crippen LogP contribution in [0, 0.1) is 0 Å². The van der Waals surface area contributed by atoms with E-state index in [9.17, 15) is 4.21 Å². The van der Waals surface area contributed by atoms with Crippen LogP contribution in [0.25, 0.3) is 11.4 Å². The maximum absolute atomic E-state index is 12.3. The minimum Gasteiger partial charge on any atom is -0.444 e. The van der Waals surface area contributed by atoms with Crippen molar-refractivity contribution in [2.75, 3.05) is 30.4 Å². The molecule has 0 amide bonds. The molecule has 4 rings (SSSR count). The van der Waals surface area contributed by atoms with Gasteiger partial charge in [-0.3, -0.25) is 0 Å². The second-order valence-electron chi connectivity index (χ2n) is 6.70. The van der Waals surface area contributed by atoms with Crippen molar-refractivity contribution in [2.45, 2.75) is 31.1 Å². The largest absolute Gasteiger partial charge is 0.444 e. The van der Waals surface area contributed by atoms with Crippen LogP contribution in [-0.4, -0.2) is 46.0 Å². The van der Waals surface area contributed by atoms with Gasteiger partial charge in [0.1, 0.15) is 22.6 Å². The maximum Gasteiger partial charge on any atom is 0.164 e. The number of hydrogen-bond acceptors (Lipinski definition) is 9. The SMILES string of the molecule is CC1COCCN1c1cc(N=[S-](=O)C2CC2)nc(-c2cc(N)nc(Cl)c2)n1. The molecule has 10 heteroatoms. The van der Waals surface area contributed by atoms with Gasteiger partial charge in [-0.25, -0.2) is 15.0 Å². The summed E-state index contributed by atoms with van der Waals surface area (Å²) in [4.78, 5) is 15.3. The summed E-state index contributed by atoms with van der Waals surface area (Å²) in [6, 6.07) is 5.25. The minimum atomic E-state index is -1.28. The van der Waals surface area contributed by atoms with E-state index in [2.05, 4.69) is 31.1 Å². The Morgan fingerprint density at radius 3 is 2.81 bits per heavy atom. The van der Waals surface area contributed by atoms with Gasteiger partial charge in [0.2, 0.25) is 0 Å². The molecule has 2 aromatic heterocycles. The highest BCUT2D eigenvalue weighted by Crippen LogP contribution is 2.30. The molecule has 1 aliphatic heterocycles. The molecule has 2 N–H and O–H groups in total. The number of hydrogen-bond donors (Lipinski definition) is 1. The van der Waals surface area contributed by atoms with Crippen molar-refractivity contribution in [1.82, 2.24) is 15.0 Å². The highest BCUT2D eigenvalue weighted by molar-refractivity contribution is 7.76. The first-order chi connectivity index (χ1) is 13.0. The van der Waals surface area contributed by atoms with Crippen LogP contribution in [0.5, 0.6) is 0 Å². The van der Waals surface area contributed by atoms with Gasteiger partial charge in [-0.1, -0.05) is 29.7 Å². The molecule has 27 heavy (non-hydrogen) atoms. The summed E-state index contributed by atoms with van der Waals surface area (Å²) in [6.07, 6.45) is 1.88. The fourth-order valence-corrected chi connectivity index (χ4v) is 4.08. The summed E-state index contributed by atoms with van der Waals surface area (Å²) in [5, 5.41) is 0.402. The van der Waals surface area contributed by atoms with E-state index in [-0.39, 0.29) is 22.3 Å². The first-order valence-corrected chi connectivity index (χ1v) is 10.3. The van der Waals surface area contributed by atoms with Crippen molar-refractivity contribution in [3.05, 3.63) is 23.4 Å². The van der Waals surface area contributed by atoms with E-state index < -0.39 is 10.6 Å². The topological polar surface area (TPSA) is 107 Å². The quantitative estimate of drug-likeness (QED) is 0.613. The second kappa shape index (κ2) is 7.57. The van der Waals surface area contributed by atoms with Gasteiger partial charge in [-0.2, -0.15) is 10.6 Å². The fourth-order valence-electron chi connectivity index (χ4n) is 2.90. The first-order valence-electron chi connectivity index (χ1n) is 8.79. The fraction of sp³-hybridized carbons (Fsp3) is 0.471. The number of halogens is 1. The van der Waals surface area contributed by atoms with Gasteiger partial charge in [0, 0.05) is 18.2 Å². The summed E-state index contributed by atoms with van der Waals surface area (Å²) in [5.74, 6) is 1.82. The van der Waals surface area contributed by atoms with Crippen LogP contribution in [0.4, 0.5) is 17.5 Å². The number of nitrogen functional groups attached to an aromatic ring is 1. The Labute approximate surface area is 164 Å². The van der Waals surface area contributed by atoms with Gasteiger partial charge in [-0.15, -0.1) is 0 Å². The van der Waals surface area contributed by atoms with E-state index in [1.54, 1.807) is 18.2 Å². The Hall–Kier alpha value is -1.97. The summed E-state index contributed by atoms with van der Waals surface area (Å²) in [6.45, 7) is 4.02. The molecular formula is C17H20ClN6O2S-. The molecule has 0 bridgehead atoms. The molecular weight excluding hydrogens is 388 g/mol. The van der Waals surface area contributed by atoms with Crippen LogP contribution < -0.4 is 10.6 Å². The molecule has 2 aromatic rings. The molecule has 0 aromatic carbocycles. The molecule has 3 heterocycles. The van der Waals surface area contributed by atoms with E-state index in [1.165, 1.54) is 0 Å². The molecule has 2 fully saturated rings. The van der Waals surface area contributed by atoms with E-state index in [0.717, 1.165) is 12.8 Å². The standard InChI is InChI=1S/C17H20ClN6O2S/c1-10-9-26-5-4-24(10)16-8-15(23-27(25)12-2-3-12)21-17(22-16)11-6-13(18)20-14(19)7-11/h6-8,10,12H,2-5,9H2,1H3,(H2,19,20)/q-1. The van der Waals surface area contributed by atoms with E-state index in [0.29, 0.717) is 42.8 Å². The van der Waals surface area contributed by atoms with Gasteiger partial charge in [0.25, 0.3) is 0 Å². The van der Waals surface area contributed by atoms with Crippen molar-refractivity contribution in [2.24, 2.45) is 4.36 Å². The number of aromatic nitrogens is 3. The van der Waals surface area contributed by atoms with E-state index in [4.69, 9.17) is 22.1 Å². The smallest absolute Gasteiger partial charge is 0.164 e. The number of nitrogens with two attached hydrogens (primary N) is 1. The lowest BCUT2D eigenvalue weighted by atomic mass is 10.2. The molecule has 2 aliphatic rings. The minimum absolute atomic E-state index is 0.139. The van der Waals surface area contributed by atoms with Crippen LogP contribution in [-0.2, 0) is 19.5 Å². The molecule has 1 saturated heterocycles. The zero-order valence-corrected chi connectivity index (χ0v) is 16.4. The van der Waals surface area contributed by atoms with Gasteiger partial charge in [0.05, 0.1) is 19.3 Å². The van der Waals surface area contributed by atoms with Gasteiger partial charge < -0.3 is 23.9 Å². The third kappa shape index (κ3) is 4.31. The average Bonchev–Trinajstić information content (AvgIpc) is 3.46. The summed E-state index contributed by atoms with van der Waals surface area (Å²) < 4.78 is 22.1. The molecule has 144 valence electrons. The number of rotatable bonds is 4. The summed E-state index contributed by atoms with van der Waals surface area (Å²) in [5.41, 5.74) is 6.46. The number of anilines is 2. The normalized spacial score (nSPS) is 21.4. The highest BCUT2D eigenvalue weighted by atomic mass is 35.5. The van der Waals surface area contributed by atoms with Crippen LogP contribution in [0.2, 0.25) is 5.15 Å². The average molecular weight is 408 g/mol. The molecule has 0 radical (unpaired) electrons. The number of nitrogens with zero attached hydrogens (tertiary/aromatic N) is 5. The van der Waals surface area contributed by atoms with E-state index >= 15 is 0 Å². The number of ether oxygens (including phenoxy) is 1. The molecule has 1 saturated carbocycles.